The molecule has 1 amide bonds. The molecule has 0 atom stereocenters. The van der Waals surface area contributed by atoms with Crippen LogP contribution in [0, 0.1) is 6.92 Å². The number of nitrogens with zero attached hydrogens (tertiary/aromatic N) is 4. The zero-order chi connectivity index (χ0) is 19.2. The Morgan fingerprint density at radius 3 is 2.89 bits per heavy atom. The summed E-state index contributed by atoms with van der Waals surface area (Å²) in [6.45, 7) is 2.21. The Morgan fingerprint density at radius 1 is 1.30 bits per heavy atom. The average Bonchev–Trinajstić information content (AvgIpc) is 3.19. The number of nitrogens with one attached hydrogen (secondary N) is 1. The SMILES string of the molecule is Cc1cc(OCC(=O)NCCn2nc(-n3cccn3)ccc2=O)ccc1Cl. The summed E-state index contributed by atoms with van der Waals surface area (Å²) in [5.41, 5.74) is 0.616. The van der Waals surface area contributed by atoms with E-state index in [4.69, 9.17) is 16.3 Å². The second-order valence-corrected chi connectivity index (χ2v) is 6.16. The Hall–Kier alpha value is -3.13. The van der Waals surface area contributed by atoms with Crippen molar-refractivity contribution in [1.29, 1.82) is 0 Å². The molecule has 3 aromatic rings. The Kier molecular flexibility index (Phi) is 5.87. The Bertz CT molecular complexity index is 985. The fourth-order valence-electron chi connectivity index (χ4n) is 2.33. The van der Waals surface area contributed by atoms with Crippen molar-refractivity contribution in [3.63, 3.8) is 0 Å². The van der Waals surface area contributed by atoms with E-state index in [2.05, 4.69) is 15.5 Å². The Balaban J connectivity index is 1.50. The molecule has 0 aliphatic carbocycles. The molecule has 0 bridgehead atoms. The molecular formula is C18H18ClN5O3. The van der Waals surface area contributed by atoms with Crippen molar-refractivity contribution in [2.24, 2.45) is 0 Å². The van der Waals surface area contributed by atoms with Crippen LogP contribution >= 0.6 is 11.6 Å². The third kappa shape index (κ3) is 4.95. The van der Waals surface area contributed by atoms with Crippen LogP contribution in [0.25, 0.3) is 5.82 Å². The molecule has 0 unspecified atom stereocenters. The standard InChI is InChI=1S/C18H18ClN5O3/c1-13-11-14(3-4-15(13)19)27-12-17(25)20-8-10-24-18(26)6-5-16(22-24)23-9-2-7-21-23/h2-7,9,11H,8,10,12H2,1H3,(H,20,25). The van der Waals surface area contributed by atoms with Gasteiger partial charge in [-0.1, -0.05) is 11.6 Å². The lowest BCUT2D eigenvalue weighted by molar-refractivity contribution is -0.123. The maximum atomic E-state index is 11.9. The molecule has 0 saturated heterocycles. The summed E-state index contributed by atoms with van der Waals surface area (Å²) in [5, 5.41) is 11.6. The van der Waals surface area contributed by atoms with Crippen LogP contribution in [0.1, 0.15) is 5.56 Å². The maximum absolute atomic E-state index is 11.9. The van der Waals surface area contributed by atoms with Crippen molar-refractivity contribution in [2.45, 2.75) is 13.5 Å². The van der Waals surface area contributed by atoms with E-state index in [9.17, 15) is 9.59 Å². The molecular weight excluding hydrogens is 370 g/mol. The highest BCUT2D eigenvalue weighted by Crippen LogP contribution is 2.20. The van der Waals surface area contributed by atoms with E-state index in [0.717, 1.165) is 5.56 Å². The molecule has 27 heavy (non-hydrogen) atoms. The van der Waals surface area contributed by atoms with Crippen LogP contribution in [0.4, 0.5) is 0 Å². The topological polar surface area (TPSA) is 91.0 Å². The summed E-state index contributed by atoms with van der Waals surface area (Å²) in [4.78, 5) is 23.8. The monoisotopic (exact) mass is 387 g/mol. The van der Waals surface area contributed by atoms with Crippen molar-refractivity contribution in [2.75, 3.05) is 13.2 Å². The van der Waals surface area contributed by atoms with Crippen LogP contribution in [0.5, 0.6) is 5.75 Å². The van der Waals surface area contributed by atoms with Gasteiger partial charge in [0.1, 0.15) is 5.75 Å². The van der Waals surface area contributed by atoms with Crippen molar-refractivity contribution in [3.05, 3.63) is 69.7 Å². The number of rotatable bonds is 7. The first kappa shape index (κ1) is 18.7. The number of hydrogen-bond acceptors (Lipinski definition) is 5. The van der Waals surface area contributed by atoms with Gasteiger partial charge in [0.25, 0.3) is 11.5 Å². The molecule has 0 fully saturated rings. The molecule has 140 valence electrons. The molecule has 9 heteroatoms. The van der Waals surface area contributed by atoms with Crippen LogP contribution < -0.4 is 15.6 Å². The molecule has 1 aromatic carbocycles. The van der Waals surface area contributed by atoms with E-state index in [-0.39, 0.29) is 31.2 Å². The number of aryl methyl sites for hydroxylation is 1. The van der Waals surface area contributed by atoms with E-state index in [1.807, 2.05) is 6.92 Å². The van der Waals surface area contributed by atoms with Gasteiger partial charge in [0.15, 0.2) is 12.4 Å². The van der Waals surface area contributed by atoms with E-state index >= 15 is 0 Å². The van der Waals surface area contributed by atoms with Gasteiger partial charge in [0.2, 0.25) is 0 Å². The zero-order valence-electron chi connectivity index (χ0n) is 14.6. The van der Waals surface area contributed by atoms with E-state index < -0.39 is 0 Å². The number of halogens is 1. The van der Waals surface area contributed by atoms with Gasteiger partial charge in [-0.2, -0.15) is 5.10 Å². The number of carbonyl (C=O) groups is 1. The van der Waals surface area contributed by atoms with Gasteiger partial charge in [0, 0.05) is 30.0 Å². The van der Waals surface area contributed by atoms with Gasteiger partial charge in [-0.15, -0.1) is 5.10 Å². The van der Waals surface area contributed by atoms with Crippen LogP contribution in [-0.2, 0) is 11.3 Å². The summed E-state index contributed by atoms with van der Waals surface area (Å²) >= 11 is 5.95. The van der Waals surface area contributed by atoms with Gasteiger partial charge >= 0.3 is 0 Å². The zero-order valence-corrected chi connectivity index (χ0v) is 15.4. The minimum Gasteiger partial charge on any atom is -0.484 e. The first-order valence-corrected chi connectivity index (χ1v) is 8.64. The summed E-state index contributed by atoms with van der Waals surface area (Å²) in [7, 11) is 0. The number of hydrogen-bond donors (Lipinski definition) is 1. The smallest absolute Gasteiger partial charge is 0.266 e. The highest BCUT2D eigenvalue weighted by molar-refractivity contribution is 6.31. The molecule has 1 N–H and O–H groups in total. The molecule has 3 rings (SSSR count). The third-order valence-corrected chi connectivity index (χ3v) is 4.16. The minimum absolute atomic E-state index is 0.128. The van der Waals surface area contributed by atoms with Crippen LogP contribution in [0.3, 0.4) is 0 Å². The quantitative estimate of drug-likeness (QED) is 0.664. The van der Waals surface area contributed by atoms with Gasteiger partial charge < -0.3 is 10.1 Å². The Labute approximate surface area is 160 Å². The molecule has 2 heterocycles. The van der Waals surface area contributed by atoms with Crippen LogP contribution in [0.2, 0.25) is 5.02 Å². The number of amides is 1. The van der Waals surface area contributed by atoms with Gasteiger partial charge in [-0.3, -0.25) is 9.59 Å². The average molecular weight is 388 g/mol. The number of ether oxygens (including phenoxy) is 1. The lowest BCUT2D eigenvalue weighted by atomic mass is 10.2. The van der Waals surface area contributed by atoms with E-state index in [1.54, 1.807) is 47.4 Å². The third-order valence-electron chi connectivity index (χ3n) is 3.74. The maximum Gasteiger partial charge on any atom is 0.266 e. The van der Waals surface area contributed by atoms with Gasteiger partial charge in [0.05, 0.1) is 6.54 Å². The Morgan fingerprint density at radius 2 is 2.15 bits per heavy atom. The number of aromatic nitrogens is 4. The van der Waals surface area contributed by atoms with Gasteiger partial charge in [-0.05, 0) is 42.8 Å². The first-order valence-electron chi connectivity index (χ1n) is 8.27. The van der Waals surface area contributed by atoms with Crippen molar-refractivity contribution >= 4 is 17.5 Å². The molecule has 2 aromatic heterocycles. The van der Waals surface area contributed by atoms with Crippen LogP contribution in [0.15, 0.2) is 53.6 Å². The highest BCUT2D eigenvalue weighted by Gasteiger charge is 2.06. The minimum atomic E-state index is -0.293. The summed E-state index contributed by atoms with van der Waals surface area (Å²) in [5.74, 6) is 0.795. The van der Waals surface area contributed by atoms with Crippen molar-refractivity contribution in [3.8, 4) is 11.6 Å². The number of benzene rings is 1. The molecule has 0 aliphatic heterocycles. The fraction of sp³-hybridized carbons (Fsp3) is 0.222. The second-order valence-electron chi connectivity index (χ2n) is 5.75. The number of carbonyl (C=O) groups excluding carboxylic acids is 1. The highest BCUT2D eigenvalue weighted by atomic mass is 35.5. The molecule has 0 radical (unpaired) electrons. The van der Waals surface area contributed by atoms with Crippen molar-refractivity contribution in [1.82, 2.24) is 24.9 Å². The summed E-state index contributed by atoms with van der Waals surface area (Å²) in [6, 6.07) is 9.95. The predicted octanol–water partition coefficient (Wildman–Crippen LogP) is 1.59. The lowest BCUT2D eigenvalue weighted by Gasteiger charge is -2.10. The van der Waals surface area contributed by atoms with Crippen molar-refractivity contribution < 1.29 is 9.53 Å². The normalized spacial score (nSPS) is 10.6. The predicted molar refractivity (Wildman–Crippen MR) is 100 cm³/mol. The van der Waals surface area contributed by atoms with E-state index in [0.29, 0.717) is 16.6 Å². The molecule has 0 spiro atoms. The largest absolute Gasteiger partial charge is 0.484 e. The molecule has 8 nitrogen and oxygen atoms in total. The van der Waals surface area contributed by atoms with Gasteiger partial charge in [-0.25, -0.2) is 9.36 Å². The fourth-order valence-corrected chi connectivity index (χ4v) is 2.45. The first-order chi connectivity index (χ1) is 13.0. The molecule has 0 saturated carbocycles. The molecule has 0 aliphatic rings. The van der Waals surface area contributed by atoms with Crippen LogP contribution in [-0.4, -0.2) is 38.6 Å². The summed E-state index contributed by atoms with van der Waals surface area (Å²) in [6.07, 6.45) is 3.36. The van der Waals surface area contributed by atoms with E-state index in [1.165, 1.54) is 10.7 Å². The lowest BCUT2D eigenvalue weighted by Crippen LogP contribution is -2.34. The summed E-state index contributed by atoms with van der Waals surface area (Å²) < 4.78 is 8.26. The second kappa shape index (κ2) is 8.50.